The molecule has 2 amide bonds. The van der Waals surface area contributed by atoms with Gasteiger partial charge in [0.1, 0.15) is 10.2 Å². The lowest BCUT2D eigenvalue weighted by molar-refractivity contribution is -0.142. The topological polar surface area (TPSA) is 150 Å². The highest BCUT2D eigenvalue weighted by atomic mass is 35.5. The Balaban J connectivity index is 1.35. The lowest BCUT2D eigenvalue weighted by Gasteiger charge is -2.09. The third-order valence-electron chi connectivity index (χ3n) is 5.78. The zero-order valence-electron chi connectivity index (χ0n) is 18.3. The van der Waals surface area contributed by atoms with Gasteiger partial charge in [0.05, 0.1) is 28.8 Å². The molecule has 1 fully saturated rings. The van der Waals surface area contributed by atoms with Crippen LogP contribution in [-0.4, -0.2) is 54.1 Å². The molecule has 10 nitrogen and oxygen atoms in total. The van der Waals surface area contributed by atoms with Gasteiger partial charge in [-0.15, -0.1) is 11.3 Å². The van der Waals surface area contributed by atoms with E-state index in [2.05, 4.69) is 10.4 Å². The minimum absolute atomic E-state index is 0.0289. The number of thiophene rings is 1. The number of fused-ring (bicyclic) bond motifs is 1. The van der Waals surface area contributed by atoms with E-state index in [-0.39, 0.29) is 22.7 Å². The zero-order valence-corrected chi connectivity index (χ0v) is 20.7. The van der Waals surface area contributed by atoms with Crippen LogP contribution in [0.2, 0.25) is 5.15 Å². The van der Waals surface area contributed by atoms with Crippen molar-refractivity contribution in [3.8, 4) is 0 Å². The average molecular weight is 527 g/mol. The Bertz CT molecular complexity index is 1310. The van der Waals surface area contributed by atoms with Crippen molar-refractivity contribution in [1.82, 2.24) is 9.78 Å². The molecule has 0 spiro atoms. The van der Waals surface area contributed by atoms with Crippen LogP contribution >= 0.6 is 22.9 Å². The molecular weight excluding hydrogens is 504 g/mol. The number of nitrogens with one attached hydrogen (secondary N) is 1. The van der Waals surface area contributed by atoms with Crippen molar-refractivity contribution < 1.29 is 27.5 Å². The van der Waals surface area contributed by atoms with E-state index in [1.54, 1.807) is 6.92 Å². The first kappa shape index (κ1) is 24.4. The van der Waals surface area contributed by atoms with Gasteiger partial charge in [-0.2, -0.15) is 5.10 Å². The van der Waals surface area contributed by atoms with Crippen LogP contribution < -0.4 is 11.1 Å². The van der Waals surface area contributed by atoms with Gasteiger partial charge in [0, 0.05) is 16.5 Å². The molecule has 1 atom stereocenters. The number of rotatable bonds is 7. The van der Waals surface area contributed by atoms with Crippen molar-refractivity contribution in [3.05, 3.63) is 38.5 Å². The van der Waals surface area contributed by atoms with Gasteiger partial charge in [-0.25, -0.2) is 17.9 Å². The summed E-state index contributed by atoms with van der Waals surface area (Å²) in [5.41, 5.74) is 7.68. The largest absolute Gasteiger partial charge is 0.452 e. The number of aryl methyl sites for hydroxylation is 2. The van der Waals surface area contributed by atoms with Crippen molar-refractivity contribution >= 4 is 61.6 Å². The molecule has 1 aliphatic heterocycles. The number of hydrogen-bond acceptors (Lipinski definition) is 8. The van der Waals surface area contributed by atoms with E-state index in [9.17, 15) is 22.8 Å². The number of primary amides is 1. The van der Waals surface area contributed by atoms with Gasteiger partial charge < -0.3 is 15.8 Å². The van der Waals surface area contributed by atoms with E-state index in [1.165, 1.54) is 22.1 Å². The monoisotopic (exact) mass is 526 g/mol. The minimum atomic E-state index is -3.11. The predicted molar refractivity (Wildman–Crippen MR) is 128 cm³/mol. The summed E-state index contributed by atoms with van der Waals surface area (Å²) in [6.07, 6.45) is 5.49. The number of amides is 2. The van der Waals surface area contributed by atoms with Crippen LogP contribution in [0.4, 0.5) is 5.00 Å². The number of carbonyl (C=O) groups is 3. The van der Waals surface area contributed by atoms with Gasteiger partial charge in [-0.1, -0.05) is 11.6 Å². The normalized spacial score (nSPS) is 18.8. The first-order valence-corrected chi connectivity index (χ1v) is 13.6. The quantitative estimate of drug-likeness (QED) is 0.414. The summed E-state index contributed by atoms with van der Waals surface area (Å²) < 4.78 is 30.0. The standard InChI is InChI=1S/C21H23ClN4O6S2/c1-11-13(19(22)26(25-11)12-7-8-34(30,31)10-12)5-6-17(28)32-9-16(27)24-21-18(20(23)29)14-3-2-4-15(14)33-21/h5-6,12H,2-4,7-10H2,1H3,(H2,23,29)(H,24,27)/b6-5+/t12-/m0/s1. The van der Waals surface area contributed by atoms with Crippen molar-refractivity contribution in [2.45, 2.75) is 38.6 Å². The molecule has 0 aromatic carbocycles. The van der Waals surface area contributed by atoms with Crippen molar-refractivity contribution in [1.29, 1.82) is 0 Å². The number of ether oxygens (including phenoxy) is 1. The van der Waals surface area contributed by atoms with Crippen LogP contribution in [0.3, 0.4) is 0 Å². The Labute approximate surface area is 205 Å². The third-order valence-corrected chi connectivity index (χ3v) is 9.11. The smallest absolute Gasteiger partial charge is 0.331 e. The number of sulfone groups is 1. The molecule has 1 aliphatic carbocycles. The summed E-state index contributed by atoms with van der Waals surface area (Å²) in [5, 5.41) is 7.52. The molecule has 4 rings (SSSR count). The number of hydrogen-bond donors (Lipinski definition) is 2. The summed E-state index contributed by atoms with van der Waals surface area (Å²) >= 11 is 7.69. The average Bonchev–Trinajstić information content (AvgIpc) is 3.48. The number of esters is 1. The number of carbonyl (C=O) groups excluding carboxylic acids is 3. The minimum Gasteiger partial charge on any atom is -0.452 e. The van der Waals surface area contributed by atoms with E-state index in [4.69, 9.17) is 22.1 Å². The molecule has 2 aromatic rings. The van der Waals surface area contributed by atoms with E-state index < -0.39 is 34.2 Å². The number of halogens is 1. The Morgan fingerprint density at radius 3 is 2.79 bits per heavy atom. The van der Waals surface area contributed by atoms with Gasteiger partial charge >= 0.3 is 5.97 Å². The molecule has 2 aliphatic rings. The number of nitrogens with two attached hydrogens (primary N) is 1. The summed E-state index contributed by atoms with van der Waals surface area (Å²) in [6, 6.07) is -0.349. The predicted octanol–water partition coefficient (Wildman–Crippen LogP) is 2.05. The molecular formula is C21H23ClN4O6S2. The summed E-state index contributed by atoms with van der Waals surface area (Å²) in [5.74, 6) is -1.91. The Kier molecular flexibility index (Phi) is 6.83. The number of anilines is 1. The van der Waals surface area contributed by atoms with Crippen molar-refractivity contribution in [2.24, 2.45) is 5.73 Å². The second-order valence-electron chi connectivity index (χ2n) is 8.21. The number of nitrogens with zero attached hydrogens (tertiary/aromatic N) is 2. The second kappa shape index (κ2) is 9.51. The van der Waals surface area contributed by atoms with Crippen LogP contribution in [0.15, 0.2) is 6.08 Å². The van der Waals surface area contributed by atoms with Gasteiger partial charge in [0.15, 0.2) is 16.4 Å². The van der Waals surface area contributed by atoms with Gasteiger partial charge in [-0.05, 0) is 44.2 Å². The maximum absolute atomic E-state index is 12.3. The van der Waals surface area contributed by atoms with E-state index in [0.29, 0.717) is 28.2 Å². The molecule has 1 saturated heterocycles. The third kappa shape index (κ3) is 5.03. The molecule has 3 N–H and O–H groups in total. The Morgan fingerprint density at radius 1 is 1.35 bits per heavy atom. The second-order valence-corrected chi connectivity index (χ2v) is 11.9. The lowest BCUT2D eigenvalue weighted by atomic mass is 10.1. The fourth-order valence-corrected chi connectivity index (χ4v) is 7.56. The SMILES string of the molecule is Cc1nn([C@H]2CCS(=O)(=O)C2)c(Cl)c1/C=C/C(=O)OCC(=O)Nc1sc2c(c1C(N)=O)CCC2. The van der Waals surface area contributed by atoms with Crippen LogP contribution in [0.25, 0.3) is 6.08 Å². The molecule has 0 saturated carbocycles. The molecule has 2 aromatic heterocycles. The van der Waals surface area contributed by atoms with Crippen LogP contribution in [-0.2, 0) is 37.0 Å². The van der Waals surface area contributed by atoms with Crippen LogP contribution in [0, 0.1) is 6.92 Å². The molecule has 3 heterocycles. The Hall–Kier alpha value is -2.70. The van der Waals surface area contributed by atoms with E-state index in [1.807, 2.05) is 0 Å². The van der Waals surface area contributed by atoms with Gasteiger partial charge in [0.2, 0.25) is 0 Å². The van der Waals surface area contributed by atoms with E-state index in [0.717, 1.165) is 35.8 Å². The molecule has 182 valence electrons. The lowest BCUT2D eigenvalue weighted by Crippen LogP contribution is -2.22. The molecule has 0 radical (unpaired) electrons. The fraction of sp³-hybridized carbons (Fsp3) is 0.429. The highest BCUT2D eigenvalue weighted by molar-refractivity contribution is 7.91. The van der Waals surface area contributed by atoms with E-state index >= 15 is 0 Å². The van der Waals surface area contributed by atoms with Gasteiger partial charge in [-0.3, -0.25) is 9.59 Å². The van der Waals surface area contributed by atoms with Crippen LogP contribution in [0.5, 0.6) is 0 Å². The summed E-state index contributed by atoms with van der Waals surface area (Å²) in [7, 11) is -3.11. The van der Waals surface area contributed by atoms with Crippen molar-refractivity contribution in [3.63, 3.8) is 0 Å². The number of aromatic nitrogens is 2. The van der Waals surface area contributed by atoms with Crippen molar-refractivity contribution in [2.75, 3.05) is 23.4 Å². The highest BCUT2D eigenvalue weighted by Gasteiger charge is 2.32. The molecule has 34 heavy (non-hydrogen) atoms. The maximum Gasteiger partial charge on any atom is 0.331 e. The van der Waals surface area contributed by atoms with Crippen LogP contribution in [0.1, 0.15) is 50.9 Å². The first-order valence-electron chi connectivity index (χ1n) is 10.6. The highest BCUT2D eigenvalue weighted by Crippen LogP contribution is 2.38. The molecule has 13 heteroatoms. The Morgan fingerprint density at radius 2 is 2.12 bits per heavy atom. The maximum atomic E-state index is 12.3. The molecule has 0 unspecified atom stereocenters. The summed E-state index contributed by atoms with van der Waals surface area (Å²) in [6.45, 7) is 1.15. The zero-order chi connectivity index (χ0) is 24.6. The summed E-state index contributed by atoms with van der Waals surface area (Å²) in [4.78, 5) is 37.2. The molecule has 0 bridgehead atoms. The fourth-order valence-electron chi connectivity index (χ4n) is 4.18. The first-order chi connectivity index (χ1) is 16.1. The van der Waals surface area contributed by atoms with Gasteiger partial charge in [0.25, 0.3) is 11.8 Å².